The predicted molar refractivity (Wildman–Crippen MR) is 134 cm³/mol. The fraction of sp³-hybridized carbons (Fsp3) is 0.346. The Hall–Kier alpha value is -3.03. The van der Waals surface area contributed by atoms with Crippen molar-refractivity contribution in [3.63, 3.8) is 0 Å². The van der Waals surface area contributed by atoms with E-state index in [1.807, 2.05) is 6.07 Å². The molecule has 7 heteroatoms. The van der Waals surface area contributed by atoms with Crippen molar-refractivity contribution >= 4 is 28.2 Å². The number of nitrogens with two attached hydrogens (primary N) is 1. The van der Waals surface area contributed by atoms with Crippen LogP contribution >= 0.6 is 11.3 Å². The number of rotatable bonds is 5. The Morgan fingerprint density at radius 3 is 2.91 bits per heavy atom. The minimum Gasteiger partial charge on any atom is -0.383 e. The second-order valence-electron chi connectivity index (χ2n) is 9.12. The van der Waals surface area contributed by atoms with E-state index in [9.17, 15) is 0 Å². The van der Waals surface area contributed by atoms with Gasteiger partial charge < -0.3 is 15.6 Å². The monoisotopic (exact) mass is 456 g/mol. The van der Waals surface area contributed by atoms with Crippen molar-refractivity contribution < 1.29 is 0 Å². The van der Waals surface area contributed by atoms with Gasteiger partial charge in [0.05, 0.1) is 11.1 Å². The van der Waals surface area contributed by atoms with Gasteiger partial charge in [-0.2, -0.15) is 0 Å². The van der Waals surface area contributed by atoms with Crippen molar-refractivity contribution in [3.05, 3.63) is 71.1 Å². The van der Waals surface area contributed by atoms with Crippen LogP contribution in [0.5, 0.6) is 0 Å². The van der Waals surface area contributed by atoms with Crippen LogP contribution in [-0.4, -0.2) is 32.6 Å². The van der Waals surface area contributed by atoms with Crippen LogP contribution < -0.4 is 11.1 Å². The molecule has 1 fully saturated rings. The zero-order valence-electron chi connectivity index (χ0n) is 18.6. The first kappa shape index (κ1) is 20.6. The molecule has 2 aliphatic rings. The molecular weight excluding hydrogens is 428 g/mol. The molecule has 0 bridgehead atoms. The minimum absolute atomic E-state index is 0.423. The maximum atomic E-state index is 6.38. The van der Waals surface area contributed by atoms with Crippen molar-refractivity contribution in [2.75, 3.05) is 18.8 Å². The van der Waals surface area contributed by atoms with Crippen molar-refractivity contribution in [2.45, 2.75) is 38.1 Å². The van der Waals surface area contributed by atoms with E-state index in [0.717, 1.165) is 66.1 Å². The lowest BCUT2D eigenvalue weighted by atomic mass is 9.94. The molecule has 33 heavy (non-hydrogen) atoms. The summed E-state index contributed by atoms with van der Waals surface area (Å²) in [5, 5.41) is 7.60. The molecule has 0 saturated heterocycles. The topological polar surface area (TPSA) is 81.7 Å². The van der Waals surface area contributed by atoms with Gasteiger partial charge in [0.25, 0.3) is 0 Å². The van der Waals surface area contributed by atoms with E-state index in [1.165, 1.54) is 12.0 Å². The first-order chi connectivity index (χ1) is 16.3. The van der Waals surface area contributed by atoms with Gasteiger partial charge in [0, 0.05) is 36.1 Å². The normalized spacial score (nSPS) is 20.9. The third-order valence-electron chi connectivity index (χ3n) is 7.03. The summed E-state index contributed by atoms with van der Waals surface area (Å²) in [4.78, 5) is 13.9. The van der Waals surface area contributed by atoms with Crippen LogP contribution in [0.1, 0.15) is 43.0 Å². The lowest BCUT2D eigenvalue weighted by Crippen LogP contribution is -2.25. The highest BCUT2D eigenvalue weighted by atomic mass is 32.1. The molecule has 3 N–H and O–H groups in total. The first-order valence-electron chi connectivity index (χ1n) is 11.8. The van der Waals surface area contributed by atoms with Crippen LogP contribution in [0.4, 0.5) is 5.82 Å². The lowest BCUT2D eigenvalue weighted by molar-refractivity contribution is 0.501. The van der Waals surface area contributed by atoms with E-state index >= 15 is 0 Å². The maximum Gasteiger partial charge on any atom is 0.146 e. The van der Waals surface area contributed by atoms with Crippen LogP contribution in [-0.2, 0) is 6.42 Å². The average Bonchev–Trinajstić information content (AvgIpc) is 3.59. The van der Waals surface area contributed by atoms with Crippen LogP contribution in [0.15, 0.2) is 59.9 Å². The molecule has 4 aromatic rings. The van der Waals surface area contributed by atoms with Crippen LogP contribution in [0.25, 0.3) is 21.6 Å². The van der Waals surface area contributed by atoms with Gasteiger partial charge in [-0.1, -0.05) is 42.0 Å². The fourth-order valence-electron chi connectivity index (χ4n) is 5.39. The van der Waals surface area contributed by atoms with Crippen molar-refractivity contribution in [3.8, 4) is 10.6 Å². The molecule has 4 heterocycles. The summed E-state index contributed by atoms with van der Waals surface area (Å²) in [6.45, 7) is 2.13. The third-order valence-corrected chi connectivity index (χ3v) is 7.95. The Labute approximate surface area is 197 Å². The van der Waals surface area contributed by atoms with Crippen LogP contribution in [0.3, 0.4) is 0 Å². The number of nitrogen functional groups attached to an aromatic ring is 1. The summed E-state index contributed by atoms with van der Waals surface area (Å²) in [7, 11) is 0. The summed E-state index contributed by atoms with van der Waals surface area (Å²) in [5.74, 6) is 1.18. The van der Waals surface area contributed by atoms with Crippen molar-refractivity contribution in [1.29, 1.82) is 0 Å². The van der Waals surface area contributed by atoms with Crippen LogP contribution in [0.2, 0.25) is 0 Å². The van der Waals surface area contributed by atoms with E-state index in [4.69, 9.17) is 10.7 Å². The van der Waals surface area contributed by atoms with E-state index in [-0.39, 0.29) is 0 Å². The first-order valence-corrected chi connectivity index (χ1v) is 12.6. The highest BCUT2D eigenvalue weighted by molar-refractivity contribution is 7.13. The summed E-state index contributed by atoms with van der Waals surface area (Å²) in [6.07, 6.45) is 11.8. The average molecular weight is 457 g/mol. The number of anilines is 1. The molecular formula is C26H28N6S. The molecule has 1 aliphatic heterocycles. The molecule has 6 rings (SSSR count). The summed E-state index contributed by atoms with van der Waals surface area (Å²) in [6, 6.07) is 10.9. The Morgan fingerprint density at radius 2 is 2.06 bits per heavy atom. The smallest absolute Gasteiger partial charge is 0.146 e. The Morgan fingerprint density at radius 1 is 1.15 bits per heavy atom. The number of aromatic nitrogens is 4. The molecule has 2 atom stereocenters. The second-order valence-corrected chi connectivity index (χ2v) is 9.98. The van der Waals surface area contributed by atoms with Gasteiger partial charge in [-0.25, -0.2) is 15.0 Å². The quantitative estimate of drug-likeness (QED) is 0.414. The van der Waals surface area contributed by atoms with Gasteiger partial charge in [0.15, 0.2) is 0 Å². The number of nitrogens with zero attached hydrogens (tertiary/aromatic N) is 4. The zero-order valence-corrected chi connectivity index (χ0v) is 19.4. The van der Waals surface area contributed by atoms with Gasteiger partial charge in [0.1, 0.15) is 22.8 Å². The standard InChI is InChI=1S/C26H28N6S/c27-24-23-22(26-31-20(15-33-26)11-17-5-2-1-3-6-17)14-32(25(23)30-16-29-24)21-9-8-18(12-21)19-7-4-10-28-13-19/h1-3,5-7,14-16,18,21,28H,4,8-13H2,(H2,27,29,30). The number of thiazole rings is 1. The Bertz CT molecular complexity index is 1310. The van der Waals surface area contributed by atoms with E-state index < -0.39 is 0 Å². The number of nitrogens with one attached hydrogen (secondary N) is 1. The Balaban J connectivity index is 1.33. The highest BCUT2D eigenvalue weighted by Gasteiger charge is 2.31. The van der Waals surface area contributed by atoms with Gasteiger partial charge in [0.2, 0.25) is 0 Å². The molecule has 0 radical (unpaired) electrons. The van der Waals surface area contributed by atoms with E-state index in [2.05, 4.69) is 61.8 Å². The zero-order chi connectivity index (χ0) is 22.2. The SMILES string of the molecule is Nc1ncnc2c1c(-c1nc(Cc3ccccc3)cs1)cn2C1CCC(C2=CCCNC2)C1. The minimum atomic E-state index is 0.423. The lowest BCUT2D eigenvalue weighted by Gasteiger charge is -2.20. The largest absolute Gasteiger partial charge is 0.383 e. The number of fused-ring (bicyclic) bond motifs is 1. The second kappa shape index (κ2) is 8.72. The maximum absolute atomic E-state index is 6.38. The van der Waals surface area contributed by atoms with Crippen LogP contribution in [0, 0.1) is 5.92 Å². The van der Waals surface area contributed by atoms with E-state index in [0.29, 0.717) is 17.8 Å². The van der Waals surface area contributed by atoms with Gasteiger partial charge in [-0.3, -0.25) is 0 Å². The fourth-order valence-corrected chi connectivity index (χ4v) is 6.22. The number of benzene rings is 1. The van der Waals surface area contributed by atoms with Gasteiger partial charge in [-0.15, -0.1) is 11.3 Å². The molecule has 1 saturated carbocycles. The molecule has 2 unspecified atom stereocenters. The molecule has 1 aromatic carbocycles. The Kier molecular flexibility index (Phi) is 5.44. The third kappa shape index (κ3) is 3.96. The van der Waals surface area contributed by atoms with Crippen molar-refractivity contribution in [1.82, 2.24) is 24.8 Å². The summed E-state index contributed by atoms with van der Waals surface area (Å²) in [5.41, 5.74) is 12.3. The predicted octanol–water partition coefficient (Wildman–Crippen LogP) is 4.99. The summed E-state index contributed by atoms with van der Waals surface area (Å²) < 4.78 is 2.35. The summed E-state index contributed by atoms with van der Waals surface area (Å²) >= 11 is 1.67. The molecule has 168 valence electrons. The van der Waals surface area contributed by atoms with Gasteiger partial charge >= 0.3 is 0 Å². The highest BCUT2D eigenvalue weighted by Crippen LogP contribution is 2.43. The molecule has 1 aliphatic carbocycles. The molecule has 0 amide bonds. The molecule has 6 nitrogen and oxygen atoms in total. The molecule has 0 spiro atoms. The molecule has 3 aromatic heterocycles. The number of hydrogen-bond acceptors (Lipinski definition) is 6. The number of hydrogen-bond donors (Lipinski definition) is 2. The van der Waals surface area contributed by atoms with Gasteiger partial charge in [-0.05, 0) is 43.7 Å². The van der Waals surface area contributed by atoms with E-state index in [1.54, 1.807) is 23.2 Å². The van der Waals surface area contributed by atoms with Crippen molar-refractivity contribution in [2.24, 2.45) is 5.92 Å².